The lowest BCUT2D eigenvalue weighted by atomic mass is 10.3. The van der Waals surface area contributed by atoms with Gasteiger partial charge in [0, 0.05) is 9.64 Å². The Hall–Kier alpha value is 0.390. The van der Waals surface area contributed by atoms with E-state index >= 15 is 0 Å². The van der Waals surface area contributed by atoms with Gasteiger partial charge in [0.25, 0.3) is 0 Å². The Kier molecular flexibility index (Phi) is 4.00. The van der Waals surface area contributed by atoms with E-state index in [0.717, 1.165) is 7.14 Å². The third-order valence-electron chi connectivity index (χ3n) is 1.52. The van der Waals surface area contributed by atoms with E-state index in [-0.39, 0.29) is 4.90 Å². The minimum Gasteiger partial charge on any atom is -0.496 e. The van der Waals surface area contributed by atoms with Crippen LogP contribution in [0.15, 0.2) is 17.0 Å². The molecule has 1 aromatic carbocycles. The van der Waals surface area contributed by atoms with Gasteiger partial charge in [-0.2, -0.15) is 0 Å². The summed E-state index contributed by atoms with van der Waals surface area (Å²) in [5.41, 5.74) is 0. The third kappa shape index (κ3) is 2.70. The van der Waals surface area contributed by atoms with Crippen LogP contribution in [0.2, 0.25) is 0 Å². The zero-order valence-corrected chi connectivity index (χ0v) is 12.3. The number of halogens is 2. The molecule has 0 spiro atoms. The number of sulfonamides is 1. The summed E-state index contributed by atoms with van der Waals surface area (Å²) in [5.74, 6) is 0.515. The van der Waals surface area contributed by atoms with Crippen LogP contribution in [0.5, 0.6) is 5.75 Å². The number of benzene rings is 1. The monoisotopic (exact) mass is 439 g/mol. The lowest BCUT2D eigenvalue weighted by Gasteiger charge is -2.07. The normalized spacial score (nSPS) is 11.4. The standard InChI is InChI=1S/C7H7I2NO3S/c1-13-6-3-4(14(10,11)12)2-5(8)7(6)9/h2-3H,1H3,(H2,10,11,12). The number of hydrogen-bond acceptors (Lipinski definition) is 3. The first-order valence-electron chi connectivity index (χ1n) is 3.42. The molecule has 78 valence electrons. The molecular formula is C7H7I2NO3S. The van der Waals surface area contributed by atoms with E-state index in [2.05, 4.69) is 22.6 Å². The van der Waals surface area contributed by atoms with Crippen molar-refractivity contribution in [3.63, 3.8) is 0 Å². The summed E-state index contributed by atoms with van der Waals surface area (Å²) >= 11 is 4.11. The maximum atomic E-state index is 11.1. The molecule has 0 radical (unpaired) electrons. The van der Waals surface area contributed by atoms with Crippen LogP contribution in [0.4, 0.5) is 0 Å². The Labute approximate surface area is 110 Å². The second-order valence-corrected chi connectivity index (χ2v) is 6.27. The quantitative estimate of drug-likeness (QED) is 0.712. The second-order valence-electron chi connectivity index (χ2n) is 2.47. The molecule has 2 N–H and O–H groups in total. The van der Waals surface area contributed by atoms with Crippen LogP contribution < -0.4 is 9.88 Å². The van der Waals surface area contributed by atoms with Crippen LogP contribution in [0.3, 0.4) is 0 Å². The van der Waals surface area contributed by atoms with E-state index in [1.807, 2.05) is 22.6 Å². The third-order valence-corrected chi connectivity index (χ3v) is 5.41. The predicted octanol–water partition coefficient (Wildman–Crippen LogP) is 1.55. The van der Waals surface area contributed by atoms with Gasteiger partial charge in [0.1, 0.15) is 5.75 Å². The lowest BCUT2D eigenvalue weighted by Crippen LogP contribution is -2.12. The molecule has 14 heavy (non-hydrogen) atoms. The summed E-state index contributed by atoms with van der Waals surface area (Å²) in [6, 6.07) is 2.93. The zero-order valence-electron chi connectivity index (χ0n) is 7.12. The summed E-state index contributed by atoms with van der Waals surface area (Å²) < 4.78 is 28.9. The fraction of sp³-hybridized carbons (Fsp3) is 0.143. The first kappa shape index (κ1) is 12.5. The molecule has 0 unspecified atom stereocenters. The van der Waals surface area contributed by atoms with E-state index in [0.29, 0.717) is 5.75 Å². The van der Waals surface area contributed by atoms with E-state index in [9.17, 15) is 8.42 Å². The van der Waals surface area contributed by atoms with Crippen LogP contribution in [0, 0.1) is 7.14 Å². The lowest BCUT2D eigenvalue weighted by molar-refractivity contribution is 0.410. The van der Waals surface area contributed by atoms with E-state index in [1.54, 1.807) is 0 Å². The molecule has 0 bridgehead atoms. The van der Waals surface area contributed by atoms with Crippen molar-refractivity contribution < 1.29 is 13.2 Å². The van der Waals surface area contributed by atoms with Gasteiger partial charge in [-0.3, -0.25) is 0 Å². The molecule has 0 saturated carbocycles. The molecule has 1 aromatic rings. The van der Waals surface area contributed by atoms with Crippen LogP contribution in [-0.4, -0.2) is 15.5 Å². The van der Waals surface area contributed by atoms with Crippen molar-refractivity contribution in [2.24, 2.45) is 5.14 Å². The van der Waals surface area contributed by atoms with Gasteiger partial charge >= 0.3 is 0 Å². The van der Waals surface area contributed by atoms with Crippen molar-refractivity contribution in [2.75, 3.05) is 7.11 Å². The Bertz CT molecular complexity index is 458. The largest absolute Gasteiger partial charge is 0.496 e. The van der Waals surface area contributed by atoms with Gasteiger partial charge in [-0.25, -0.2) is 13.6 Å². The van der Waals surface area contributed by atoms with E-state index in [4.69, 9.17) is 9.88 Å². The Morgan fingerprint density at radius 2 is 1.93 bits per heavy atom. The number of methoxy groups -OCH3 is 1. The zero-order chi connectivity index (χ0) is 10.9. The topological polar surface area (TPSA) is 69.4 Å². The number of rotatable bonds is 2. The summed E-state index contributed by atoms with van der Waals surface area (Å²) in [7, 11) is -2.18. The fourth-order valence-electron chi connectivity index (χ4n) is 0.853. The highest BCUT2D eigenvalue weighted by molar-refractivity contribution is 14.1. The summed E-state index contributed by atoms with van der Waals surface area (Å²) in [5, 5.41) is 5.01. The molecule has 0 heterocycles. The van der Waals surface area contributed by atoms with Crippen LogP contribution in [-0.2, 0) is 10.0 Å². The van der Waals surface area contributed by atoms with E-state index in [1.165, 1.54) is 19.2 Å². The molecule has 0 fully saturated rings. The van der Waals surface area contributed by atoms with Crippen LogP contribution in [0.25, 0.3) is 0 Å². The maximum Gasteiger partial charge on any atom is 0.238 e. The van der Waals surface area contributed by atoms with E-state index < -0.39 is 10.0 Å². The van der Waals surface area contributed by atoms with Gasteiger partial charge in [-0.1, -0.05) is 0 Å². The van der Waals surface area contributed by atoms with Crippen molar-refractivity contribution >= 4 is 55.2 Å². The average molecular weight is 439 g/mol. The predicted molar refractivity (Wildman–Crippen MR) is 69.8 cm³/mol. The molecule has 1 rings (SSSR count). The number of nitrogens with two attached hydrogens (primary N) is 1. The van der Waals surface area contributed by atoms with Gasteiger partial charge in [0.2, 0.25) is 10.0 Å². The molecule has 0 aliphatic heterocycles. The first-order chi connectivity index (χ1) is 6.36. The number of primary sulfonamides is 1. The van der Waals surface area contributed by atoms with Crippen molar-refractivity contribution in [2.45, 2.75) is 4.90 Å². The minimum atomic E-state index is -3.66. The maximum absolute atomic E-state index is 11.1. The first-order valence-corrected chi connectivity index (χ1v) is 7.12. The number of hydrogen-bond donors (Lipinski definition) is 1. The highest BCUT2D eigenvalue weighted by atomic mass is 127. The highest BCUT2D eigenvalue weighted by Gasteiger charge is 2.13. The highest BCUT2D eigenvalue weighted by Crippen LogP contribution is 2.28. The fourth-order valence-corrected chi connectivity index (χ4v) is 2.75. The van der Waals surface area contributed by atoms with Gasteiger partial charge in [0.15, 0.2) is 0 Å². The van der Waals surface area contributed by atoms with Crippen molar-refractivity contribution in [3.8, 4) is 5.75 Å². The smallest absolute Gasteiger partial charge is 0.238 e. The number of ether oxygens (including phenoxy) is 1. The van der Waals surface area contributed by atoms with Crippen LogP contribution >= 0.6 is 45.2 Å². The SMILES string of the molecule is COc1cc(S(N)(=O)=O)cc(I)c1I. The van der Waals surface area contributed by atoms with Crippen molar-refractivity contribution in [1.29, 1.82) is 0 Å². The molecule has 4 nitrogen and oxygen atoms in total. The summed E-state index contributed by atoms with van der Waals surface area (Å²) in [6.07, 6.45) is 0. The van der Waals surface area contributed by atoms with Crippen LogP contribution in [0.1, 0.15) is 0 Å². The van der Waals surface area contributed by atoms with Gasteiger partial charge < -0.3 is 4.74 Å². The molecule has 0 saturated heterocycles. The Morgan fingerprint density at radius 3 is 2.36 bits per heavy atom. The Balaban J connectivity index is 3.46. The second kappa shape index (κ2) is 4.49. The summed E-state index contributed by atoms with van der Waals surface area (Å²) in [4.78, 5) is 0.0687. The molecular weight excluding hydrogens is 432 g/mol. The van der Waals surface area contributed by atoms with Gasteiger partial charge in [-0.05, 0) is 51.2 Å². The molecule has 0 atom stereocenters. The molecule has 0 aliphatic carbocycles. The molecule has 7 heteroatoms. The Morgan fingerprint density at radius 1 is 1.36 bits per heavy atom. The molecule has 0 aromatic heterocycles. The average Bonchev–Trinajstić information content (AvgIpc) is 2.07. The van der Waals surface area contributed by atoms with Crippen molar-refractivity contribution in [3.05, 3.63) is 19.3 Å². The van der Waals surface area contributed by atoms with Gasteiger partial charge in [0.05, 0.1) is 15.6 Å². The summed E-state index contributed by atoms with van der Waals surface area (Å²) in [6.45, 7) is 0. The minimum absolute atomic E-state index is 0.0687. The molecule has 0 aliphatic rings. The molecule has 0 amide bonds. The van der Waals surface area contributed by atoms with Crippen molar-refractivity contribution in [1.82, 2.24) is 0 Å². The van der Waals surface area contributed by atoms with Gasteiger partial charge in [-0.15, -0.1) is 0 Å².